The molecule has 94 valence electrons. The van der Waals surface area contributed by atoms with Crippen molar-refractivity contribution in [1.82, 2.24) is 14.7 Å². The second kappa shape index (κ2) is 4.87. The Morgan fingerprint density at radius 2 is 2.41 bits per heavy atom. The van der Waals surface area contributed by atoms with Crippen LogP contribution in [0.4, 0.5) is 0 Å². The Morgan fingerprint density at radius 1 is 1.65 bits per heavy atom. The van der Waals surface area contributed by atoms with Crippen LogP contribution in [0.15, 0.2) is 6.07 Å². The number of aromatic nitrogens is 2. The number of nitrogens with zero attached hydrogens (tertiary/aromatic N) is 3. The predicted octanol–water partition coefficient (Wildman–Crippen LogP) is 1.34. The SMILES string of the molecule is Cc1cc([C@H]2CCCN2CCC(=O)O)n(C)n1. The summed E-state index contributed by atoms with van der Waals surface area (Å²) in [6.07, 6.45) is 2.44. The van der Waals surface area contributed by atoms with Gasteiger partial charge in [0.2, 0.25) is 0 Å². The maximum absolute atomic E-state index is 10.6. The monoisotopic (exact) mass is 237 g/mol. The standard InChI is InChI=1S/C12H19N3O2/c1-9-8-11(14(2)13-9)10-4-3-6-15(10)7-5-12(16)17/h8,10H,3-7H2,1-2H3,(H,16,17)/t10-/m1/s1. The molecule has 1 aromatic heterocycles. The summed E-state index contributed by atoms with van der Waals surface area (Å²) < 4.78 is 1.92. The number of rotatable bonds is 4. The van der Waals surface area contributed by atoms with Crippen molar-refractivity contribution < 1.29 is 9.90 Å². The molecule has 1 aromatic rings. The van der Waals surface area contributed by atoms with Crippen LogP contribution in [0.2, 0.25) is 0 Å². The number of hydrogen-bond acceptors (Lipinski definition) is 3. The van der Waals surface area contributed by atoms with Gasteiger partial charge in [0.1, 0.15) is 0 Å². The second-order valence-corrected chi connectivity index (χ2v) is 4.67. The van der Waals surface area contributed by atoms with Crippen LogP contribution in [-0.2, 0) is 11.8 Å². The Balaban J connectivity index is 2.08. The van der Waals surface area contributed by atoms with E-state index in [1.54, 1.807) is 0 Å². The first-order valence-corrected chi connectivity index (χ1v) is 6.04. The van der Waals surface area contributed by atoms with Gasteiger partial charge in [-0.3, -0.25) is 14.4 Å². The summed E-state index contributed by atoms with van der Waals surface area (Å²) in [5, 5.41) is 13.1. The molecule has 1 saturated heterocycles. The van der Waals surface area contributed by atoms with Crippen LogP contribution in [0.25, 0.3) is 0 Å². The van der Waals surface area contributed by atoms with Gasteiger partial charge < -0.3 is 5.11 Å². The molecule has 1 N–H and O–H groups in total. The molecule has 0 aliphatic carbocycles. The number of carboxylic acid groups (broad SMARTS) is 1. The molecule has 2 heterocycles. The summed E-state index contributed by atoms with van der Waals surface area (Å²) in [7, 11) is 1.95. The molecule has 0 unspecified atom stereocenters. The molecule has 0 saturated carbocycles. The topological polar surface area (TPSA) is 58.4 Å². The molecule has 1 atom stereocenters. The first-order valence-electron chi connectivity index (χ1n) is 6.04. The summed E-state index contributed by atoms with van der Waals surface area (Å²) in [6, 6.07) is 2.43. The number of aryl methyl sites for hydroxylation is 2. The van der Waals surface area contributed by atoms with E-state index in [4.69, 9.17) is 5.11 Å². The van der Waals surface area contributed by atoms with Crippen LogP contribution in [0.3, 0.4) is 0 Å². The van der Waals surface area contributed by atoms with E-state index < -0.39 is 5.97 Å². The molecule has 0 bridgehead atoms. The van der Waals surface area contributed by atoms with E-state index in [0.29, 0.717) is 12.6 Å². The first kappa shape index (κ1) is 12.1. The van der Waals surface area contributed by atoms with Crippen LogP contribution in [-0.4, -0.2) is 38.8 Å². The number of carbonyl (C=O) groups is 1. The highest BCUT2D eigenvalue weighted by Crippen LogP contribution is 2.31. The summed E-state index contributed by atoms with van der Waals surface area (Å²) in [4.78, 5) is 12.9. The highest BCUT2D eigenvalue weighted by atomic mass is 16.4. The van der Waals surface area contributed by atoms with E-state index in [9.17, 15) is 4.79 Å². The van der Waals surface area contributed by atoms with Crippen molar-refractivity contribution >= 4 is 5.97 Å². The van der Waals surface area contributed by atoms with Crippen molar-refractivity contribution in [2.45, 2.75) is 32.2 Å². The minimum atomic E-state index is -0.725. The fourth-order valence-corrected chi connectivity index (χ4v) is 2.61. The normalized spacial score (nSPS) is 20.9. The number of carboxylic acids is 1. The maximum atomic E-state index is 10.6. The Hall–Kier alpha value is -1.36. The van der Waals surface area contributed by atoms with Crippen LogP contribution in [0.5, 0.6) is 0 Å². The zero-order valence-electron chi connectivity index (χ0n) is 10.4. The minimum absolute atomic E-state index is 0.216. The third-order valence-corrected chi connectivity index (χ3v) is 3.36. The molecule has 5 nitrogen and oxygen atoms in total. The molecular formula is C12H19N3O2. The number of hydrogen-bond donors (Lipinski definition) is 1. The van der Waals surface area contributed by atoms with Crippen molar-refractivity contribution in [3.63, 3.8) is 0 Å². The lowest BCUT2D eigenvalue weighted by atomic mass is 10.1. The quantitative estimate of drug-likeness (QED) is 0.858. The van der Waals surface area contributed by atoms with E-state index in [0.717, 1.165) is 25.1 Å². The van der Waals surface area contributed by atoms with Gasteiger partial charge in [-0.05, 0) is 32.4 Å². The fourth-order valence-electron chi connectivity index (χ4n) is 2.61. The number of aliphatic carboxylic acids is 1. The Kier molecular flexibility index (Phi) is 3.47. The van der Waals surface area contributed by atoms with Gasteiger partial charge in [0, 0.05) is 13.6 Å². The lowest BCUT2D eigenvalue weighted by Gasteiger charge is -2.23. The summed E-state index contributed by atoms with van der Waals surface area (Å²) in [5.41, 5.74) is 2.22. The molecule has 0 aromatic carbocycles. The van der Waals surface area contributed by atoms with Gasteiger partial charge in [-0.15, -0.1) is 0 Å². The Morgan fingerprint density at radius 3 is 3.00 bits per heavy atom. The Labute approximate surface area is 101 Å². The van der Waals surface area contributed by atoms with Crippen molar-refractivity contribution in [3.8, 4) is 0 Å². The van der Waals surface area contributed by atoms with E-state index in [2.05, 4.69) is 16.1 Å². The molecule has 0 spiro atoms. The van der Waals surface area contributed by atoms with Crippen molar-refractivity contribution in [1.29, 1.82) is 0 Å². The van der Waals surface area contributed by atoms with Crippen LogP contribution >= 0.6 is 0 Å². The zero-order chi connectivity index (χ0) is 12.4. The molecule has 0 radical (unpaired) electrons. The predicted molar refractivity (Wildman–Crippen MR) is 63.7 cm³/mol. The van der Waals surface area contributed by atoms with Gasteiger partial charge in [0.15, 0.2) is 0 Å². The smallest absolute Gasteiger partial charge is 0.304 e. The van der Waals surface area contributed by atoms with Gasteiger partial charge in [0.25, 0.3) is 0 Å². The van der Waals surface area contributed by atoms with E-state index in [-0.39, 0.29) is 6.42 Å². The number of likely N-dealkylation sites (tertiary alicyclic amines) is 1. The average Bonchev–Trinajstić information content (AvgIpc) is 2.81. The van der Waals surface area contributed by atoms with Crippen LogP contribution in [0, 0.1) is 6.92 Å². The van der Waals surface area contributed by atoms with Gasteiger partial charge in [-0.1, -0.05) is 0 Å². The van der Waals surface area contributed by atoms with Gasteiger partial charge in [0.05, 0.1) is 23.9 Å². The molecule has 0 amide bonds. The molecule has 1 aliphatic heterocycles. The molecule has 1 aliphatic rings. The Bertz CT molecular complexity index is 414. The van der Waals surface area contributed by atoms with Gasteiger partial charge >= 0.3 is 5.97 Å². The lowest BCUT2D eigenvalue weighted by Crippen LogP contribution is -2.27. The van der Waals surface area contributed by atoms with E-state index in [1.165, 1.54) is 5.69 Å². The van der Waals surface area contributed by atoms with E-state index in [1.807, 2.05) is 18.7 Å². The zero-order valence-corrected chi connectivity index (χ0v) is 10.4. The maximum Gasteiger partial charge on any atom is 0.304 e. The van der Waals surface area contributed by atoms with Crippen LogP contribution in [0.1, 0.15) is 36.7 Å². The lowest BCUT2D eigenvalue weighted by molar-refractivity contribution is -0.137. The minimum Gasteiger partial charge on any atom is -0.481 e. The average molecular weight is 237 g/mol. The van der Waals surface area contributed by atoms with Crippen molar-refractivity contribution in [2.75, 3.05) is 13.1 Å². The van der Waals surface area contributed by atoms with Crippen molar-refractivity contribution in [3.05, 3.63) is 17.5 Å². The summed E-state index contributed by atoms with van der Waals surface area (Å²) in [6.45, 7) is 3.60. The largest absolute Gasteiger partial charge is 0.481 e. The van der Waals surface area contributed by atoms with E-state index >= 15 is 0 Å². The summed E-state index contributed by atoms with van der Waals surface area (Å²) in [5.74, 6) is -0.725. The molecular weight excluding hydrogens is 218 g/mol. The highest BCUT2D eigenvalue weighted by Gasteiger charge is 2.28. The van der Waals surface area contributed by atoms with Crippen LogP contribution < -0.4 is 0 Å². The third kappa shape index (κ3) is 2.66. The van der Waals surface area contributed by atoms with Crippen molar-refractivity contribution in [2.24, 2.45) is 7.05 Å². The fraction of sp³-hybridized carbons (Fsp3) is 0.667. The second-order valence-electron chi connectivity index (χ2n) is 4.67. The molecule has 17 heavy (non-hydrogen) atoms. The van der Waals surface area contributed by atoms with Gasteiger partial charge in [-0.25, -0.2) is 0 Å². The summed E-state index contributed by atoms with van der Waals surface area (Å²) >= 11 is 0. The first-order chi connectivity index (χ1) is 8.08. The highest BCUT2D eigenvalue weighted by molar-refractivity contribution is 5.66. The molecule has 2 rings (SSSR count). The molecule has 5 heteroatoms. The third-order valence-electron chi connectivity index (χ3n) is 3.36. The van der Waals surface area contributed by atoms with Gasteiger partial charge in [-0.2, -0.15) is 5.10 Å². The molecule has 1 fully saturated rings.